The molecule has 0 aromatic carbocycles. The lowest BCUT2D eigenvalue weighted by Gasteiger charge is -2.22. The van der Waals surface area contributed by atoms with Crippen LogP contribution in [-0.2, 0) is 4.74 Å². The quantitative estimate of drug-likeness (QED) is 0.674. The van der Waals surface area contributed by atoms with Gasteiger partial charge in [-0.15, -0.1) is 0 Å². The maximum absolute atomic E-state index is 11.2. The van der Waals surface area contributed by atoms with E-state index in [9.17, 15) is 4.79 Å². The van der Waals surface area contributed by atoms with Crippen molar-refractivity contribution in [1.82, 2.24) is 5.32 Å². The lowest BCUT2D eigenvalue weighted by molar-refractivity contribution is 0.163. The Labute approximate surface area is 90.9 Å². The molecule has 1 amide bonds. The molecule has 3 unspecified atom stereocenters. The number of hydrogen-bond acceptors (Lipinski definition) is 2. The fraction of sp³-hybridized carbons (Fsp3) is 0.750. The number of ether oxygens (including phenoxy) is 1. The number of carbonyl (C=O) groups is 1. The first-order valence-electron chi connectivity index (χ1n) is 5.79. The fourth-order valence-corrected chi connectivity index (χ4v) is 2.75. The highest BCUT2D eigenvalue weighted by Crippen LogP contribution is 2.33. The van der Waals surface area contributed by atoms with Gasteiger partial charge in [0.25, 0.3) is 0 Å². The topological polar surface area (TPSA) is 38.3 Å². The van der Waals surface area contributed by atoms with Gasteiger partial charge in [0, 0.05) is 6.04 Å². The SMILES string of the molecule is COC(=O)NC1CC2C=CCC(CC2)C1. The molecule has 0 aromatic heterocycles. The molecule has 0 heterocycles. The molecular weight excluding hydrogens is 190 g/mol. The van der Waals surface area contributed by atoms with Crippen molar-refractivity contribution in [2.24, 2.45) is 11.8 Å². The summed E-state index contributed by atoms with van der Waals surface area (Å²) in [5.74, 6) is 1.40. The Balaban J connectivity index is 1.97. The van der Waals surface area contributed by atoms with E-state index in [2.05, 4.69) is 22.2 Å². The summed E-state index contributed by atoms with van der Waals surface area (Å²) in [4.78, 5) is 11.2. The zero-order valence-electron chi connectivity index (χ0n) is 9.24. The second-order valence-electron chi connectivity index (χ2n) is 4.67. The standard InChI is InChI=1S/C12H19NO2/c1-15-12(14)13-11-7-9-3-2-4-10(8-11)6-5-9/h2-3,9-11H,4-8H2,1H3,(H,13,14). The minimum atomic E-state index is -0.288. The average Bonchev–Trinajstić information content (AvgIpc) is 2.51. The number of alkyl carbamates (subject to hydrolysis) is 1. The number of fused-ring (bicyclic) bond motifs is 3. The predicted molar refractivity (Wildman–Crippen MR) is 58.5 cm³/mol. The number of allylic oxidation sites excluding steroid dienone is 2. The molecule has 2 rings (SSSR count). The molecule has 0 spiro atoms. The van der Waals surface area contributed by atoms with E-state index >= 15 is 0 Å². The maximum atomic E-state index is 11.2. The Morgan fingerprint density at radius 3 is 3.07 bits per heavy atom. The van der Waals surface area contributed by atoms with Crippen molar-refractivity contribution in [2.75, 3.05) is 7.11 Å². The molecule has 15 heavy (non-hydrogen) atoms. The van der Waals surface area contributed by atoms with Crippen LogP contribution in [0.4, 0.5) is 4.79 Å². The molecule has 0 aromatic rings. The molecule has 1 N–H and O–H groups in total. The van der Waals surface area contributed by atoms with Gasteiger partial charge in [-0.05, 0) is 43.9 Å². The average molecular weight is 209 g/mol. The van der Waals surface area contributed by atoms with Crippen molar-refractivity contribution >= 4 is 6.09 Å². The van der Waals surface area contributed by atoms with E-state index in [-0.39, 0.29) is 6.09 Å². The number of carbonyl (C=O) groups excluding carboxylic acids is 1. The van der Waals surface area contributed by atoms with Gasteiger partial charge in [0.2, 0.25) is 0 Å². The Morgan fingerprint density at radius 2 is 2.27 bits per heavy atom. The lowest BCUT2D eigenvalue weighted by Crippen LogP contribution is -2.36. The van der Waals surface area contributed by atoms with Gasteiger partial charge in [-0.1, -0.05) is 12.2 Å². The second-order valence-corrected chi connectivity index (χ2v) is 4.67. The van der Waals surface area contributed by atoms with E-state index in [1.54, 1.807) is 0 Å². The van der Waals surface area contributed by atoms with Crippen molar-refractivity contribution in [2.45, 2.75) is 38.1 Å². The van der Waals surface area contributed by atoms with Crippen molar-refractivity contribution < 1.29 is 9.53 Å². The highest BCUT2D eigenvalue weighted by Gasteiger charge is 2.27. The Hall–Kier alpha value is -0.990. The first-order chi connectivity index (χ1) is 7.28. The van der Waals surface area contributed by atoms with Crippen LogP contribution in [-0.4, -0.2) is 19.2 Å². The molecule has 3 atom stereocenters. The van der Waals surface area contributed by atoms with Crippen LogP contribution in [0.1, 0.15) is 32.1 Å². The molecule has 0 radical (unpaired) electrons. The van der Waals surface area contributed by atoms with Gasteiger partial charge in [-0.3, -0.25) is 0 Å². The molecule has 3 nitrogen and oxygen atoms in total. The van der Waals surface area contributed by atoms with Crippen LogP contribution >= 0.6 is 0 Å². The van der Waals surface area contributed by atoms with Gasteiger partial charge in [-0.25, -0.2) is 4.79 Å². The van der Waals surface area contributed by atoms with E-state index in [1.165, 1.54) is 26.4 Å². The monoisotopic (exact) mass is 209 g/mol. The van der Waals surface area contributed by atoms with Crippen LogP contribution in [0.2, 0.25) is 0 Å². The highest BCUT2D eigenvalue weighted by atomic mass is 16.5. The van der Waals surface area contributed by atoms with Gasteiger partial charge < -0.3 is 10.1 Å². The van der Waals surface area contributed by atoms with Gasteiger partial charge in [-0.2, -0.15) is 0 Å². The van der Waals surface area contributed by atoms with Crippen LogP contribution in [0.25, 0.3) is 0 Å². The molecule has 84 valence electrons. The lowest BCUT2D eigenvalue weighted by atomic mass is 9.93. The first-order valence-corrected chi connectivity index (χ1v) is 5.79. The minimum absolute atomic E-state index is 0.288. The molecule has 2 aliphatic rings. The number of rotatable bonds is 1. The predicted octanol–water partition coefficient (Wildman–Crippen LogP) is 2.48. The second kappa shape index (κ2) is 4.69. The summed E-state index contributed by atoms with van der Waals surface area (Å²) in [6.07, 6.45) is 10.3. The van der Waals surface area contributed by atoms with Crippen molar-refractivity contribution in [1.29, 1.82) is 0 Å². The van der Waals surface area contributed by atoms with E-state index < -0.39 is 0 Å². The Bertz CT molecular complexity index is 262. The number of amides is 1. The normalized spacial score (nSPS) is 34.3. The van der Waals surface area contributed by atoms with Crippen LogP contribution in [0.5, 0.6) is 0 Å². The number of methoxy groups -OCH3 is 1. The van der Waals surface area contributed by atoms with Crippen molar-refractivity contribution in [3.63, 3.8) is 0 Å². The summed E-state index contributed by atoms with van der Waals surface area (Å²) in [5.41, 5.74) is 0. The summed E-state index contributed by atoms with van der Waals surface area (Å²) in [5, 5.41) is 2.94. The van der Waals surface area contributed by atoms with Crippen LogP contribution in [0, 0.1) is 11.8 Å². The van der Waals surface area contributed by atoms with Gasteiger partial charge in [0.05, 0.1) is 7.11 Å². The van der Waals surface area contributed by atoms with Gasteiger partial charge in [0.15, 0.2) is 0 Å². The third-order valence-corrected chi connectivity index (χ3v) is 3.54. The minimum Gasteiger partial charge on any atom is -0.453 e. The maximum Gasteiger partial charge on any atom is 0.407 e. The third-order valence-electron chi connectivity index (χ3n) is 3.54. The third kappa shape index (κ3) is 2.74. The van der Waals surface area contributed by atoms with Crippen molar-refractivity contribution in [3.8, 4) is 0 Å². The molecule has 1 saturated carbocycles. The summed E-state index contributed by atoms with van der Waals surface area (Å²) >= 11 is 0. The largest absolute Gasteiger partial charge is 0.453 e. The summed E-state index contributed by atoms with van der Waals surface area (Å²) < 4.78 is 4.65. The summed E-state index contributed by atoms with van der Waals surface area (Å²) in [7, 11) is 1.42. The van der Waals surface area contributed by atoms with E-state index in [4.69, 9.17) is 0 Å². The molecular formula is C12H19NO2. The van der Waals surface area contributed by atoms with Crippen molar-refractivity contribution in [3.05, 3.63) is 12.2 Å². The number of nitrogens with one attached hydrogen (secondary N) is 1. The van der Waals surface area contributed by atoms with E-state index in [0.717, 1.165) is 18.8 Å². The van der Waals surface area contributed by atoms with Gasteiger partial charge >= 0.3 is 6.09 Å². The van der Waals surface area contributed by atoms with Crippen LogP contribution in [0.3, 0.4) is 0 Å². The molecule has 2 bridgehead atoms. The fourth-order valence-electron chi connectivity index (χ4n) is 2.75. The molecule has 0 aliphatic heterocycles. The summed E-state index contributed by atoms with van der Waals surface area (Å²) in [6.45, 7) is 0. The van der Waals surface area contributed by atoms with E-state index in [1.807, 2.05) is 0 Å². The molecule has 3 heteroatoms. The van der Waals surface area contributed by atoms with E-state index in [0.29, 0.717) is 12.0 Å². The van der Waals surface area contributed by atoms with Crippen LogP contribution < -0.4 is 5.32 Å². The zero-order valence-corrected chi connectivity index (χ0v) is 9.24. The smallest absolute Gasteiger partial charge is 0.407 e. The highest BCUT2D eigenvalue weighted by molar-refractivity contribution is 5.67. The molecule has 0 saturated heterocycles. The Morgan fingerprint density at radius 1 is 1.40 bits per heavy atom. The van der Waals surface area contributed by atoms with Gasteiger partial charge in [0.1, 0.15) is 0 Å². The first kappa shape index (κ1) is 10.5. The summed E-state index contributed by atoms with van der Waals surface area (Å²) in [6, 6.07) is 0.305. The molecule has 1 fully saturated rings. The van der Waals surface area contributed by atoms with Crippen LogP contribution in [0.15, 0.2) is 12.2 Å². The Kier molecular flexibility index (Phi) is 3.29. The number of hydrogen-bond donors (Lipinski definition) is 1. The molecule has 2 aliphatic carbocycles. The zero-order chi connectivity index (χ0) is 10.7.